The maximum atomic E-state index is 11.9. The molecular formula is C10H11Cl2N3O2. The number of hydrogen-bond donors (Lipinski definition) is 1. The van der Waals surface area contributed by atoms with Crippen LogP contribution in [-0.4, -0.2) is 42.3 Å². The number of nitrogens with one attached hydrogen (secondary N) is 1. The molecule has 0 radical (unpaired) electrons. The van der Waals surface area contributed by atoms with E-state index in [1.54, 1.807) is 0 Å². The van der Waals surface area contributed by atoms with E-state index in [2.05, 4.69) is 10.3 Å². The molecule has 0 saturated heterocycles. The van der Waals surface area contributed by atoms with Crippen LogP contribution in [0.4, 0.5) is 0 Å². The van der Waals surface area contributed by atoms with E-state index in [0.717, 1.165) is 0 Å². The predicted octanol–water partition coefficient (Wildman–Crippen LogP) is 1.21. The minimum Gasteiger partial charge on any atom is -0.358 e. The number of nitrogens with zero attached hydrogens (tertiary/aromatic N) is 2. The van der Waals surface area contributed by atoms with Gasteiger partial charge in [0.1, 0.15) is 5.15 Å². The molecule has 0 aliphatic rings. The minimum absolute atomic E-state index is 0.0322. The van der Waals surface area contributed by atoms with E-state index in [-0.39, 0.29) is 34.1 Å². The molecule has 0 unspecified atom stereocenters. The lowest BCUT2D eigenvalue weighted by atomic mass is 10.2. The van der Waals surface area contributed by atoms with Gasteiger partial charge in [0.05, 0.1) is 17.1 Å². The van der Waals surface area contributed by atoms with Crippen LogP contribution in [0.25, 0.3) is 0 Å². The molecule has 1 rings (SSSR count). The van der Waals surface area contributed by atoms with E-state index in [9.17, 15) is 9.59 Å². The molecule has 1 heterocycles. The SMILES string of the molecule is CNC(=O)CN(C)C(=O)c1cnc(Cl)c(Cl)c1. The van der Waals surface area contributed by atoms with Crippen LogP contribution in [-0.2, 0) is 4.79 Å². The van der Waals surface area contributed by atoms with E-state index >= 15 is 0 Å². The van der Waals surface area contributed by atoms with Crippen molar-refractivity contribution < 1.29 is 9.59 Å². The topological polar surface area (TPSA) is 62.3 Å². The number of carbonyl (C=O) groups excluding carboxylic acids is 2. The van der Waals surface area contributed by atoms with Gasteiger partial charge >= 0.3 is 0 Å². The van der Waals surface area contributed by atoms with Crippen LogP contribution in [0.3, 0.4) is 0 Å². The first-order chi connectivity index (χ1) is 7.95. The smallest absolute Gasteiger partial charge is 0.255 e. The lowest BCUT2D eigenvalue weighted by molar-refractivity contribution is -0.121. The Morgan fingerprint density at radius 2 is 2.12 bits per heavy atom. The average Bonchev–Trinajstić information content (AvgIpc) is 2.31. The number of aromatic nitrogens is 1. The second kappa shape index (κ2) is 5.84. The van der Waals surface area contributed by atoms with Gasteiger partial charge in [0.25, 0.3) is 5.91 Å². The van der Waals surface area contributed by atoms with E-state index in [4.69, 9.17) is 23.2 Å². The molecule has 0 aromatic carbocycles. The lowest BCUT2D eigenvalue weighted by Gasteiger charge is -2.15. The van der Waals surface area contributed by atoms with Gasteiger partial charge in [-0.25, -0.2) is 4.98 Å². The Labute approximate surface area is 109 Å². The first-order valence-corrected chi connectivity index (χ1v) is 5.48. The lowest BCUT2D eigenvalue weighted by Crippen LogP contribution is -2.36. The highest BCUT2D eigenvalue weighted by atomic mass is 35.5. The zero-order chi connectivity index (χ0) is 13.0. The van der Waals surface area contributed by atoms with Crippen LogP contribution in [0.5, 0.6) is 0 Å². The van der Waals surface area contributed by atoms with Gasteiger partial charge in [0.2, 0.25) is 5.91 Å². The number of halogens is 2. The molecule has 1 N–H and O–H groups in total. The van der Waals surface area contributed by atoms with Gasteiger partial charge < -0.3 is 10.2 Å². The Hall–Kier alpha value is -1.33. The maximum Gasteiger partial charge on any atom is 0.255 e. The Kier molecular flexibility index (Phi) is 4.72. The Bertz CT molecular complexity index is 451. The van der Waals surface area contributed by atoms with Gasteiger partial charge in [-0.1, -0.05) is 23.2 Å². The number of likely N-dealkylation sites (N-methyl/N-ethyl adjacent to an activating group) is 2. The Morgan fingerprint density at radius 3 is 2.65 bits per heavy atom. The van der Waals surface area contributed by atoms with Crippen molar-refractivity contribution >= 4 is 35.0 Å². The molecule has 0 aliphatic heterocycles. The largest absolute Gasteiger partial charge is 0.358 e. The fourth-order valence-electron chi connectivity index (χ4n) is 1.12. The molecular weight excluding hydrogens is 265 g/mol. The van der Waals surface area contributed by atoms with Crippen molar-refractivity contribution in [3.05, 3.63) is 28.0 Å². The first kappa shape index (κ1) is 13.7. The zero-order valence-electron chi connectivity index (χ0n) is 9.33. The van der Waals surface area contributed by atoms with Gasteiger partial charge in [0.15, 0.2) is 0 Å². The van der Waals surface area contributed by atoms with E-state index in [1.165, 1.54) is 31.3 Å². The quantitative estimate of drug-likeness (QED) is 0.844. The van der Waals surface area contributed by atoms with Gasteiger partial charge in [-0.15, -0.1) is 0 Å². The summed E-state index contributed by atoms with van der Waals surface area (Å²) in [6.07, 6.45) is 1.32. The van der Waals surface area contributed by atoms with Gasteiger partial charge in [-0.05, 0) is 6.07 Å². The fourth-order valence-corrected chi connectivity index (χ4v) is 1.39. The molecule has 0 bridgehead atoms. The number of rotatable bonds is 3. The molecule has 1 aromatic heterocycles. The summed E-state index contributed by atoms with van der Waals surface area (Å²) >= 11 is 11.4. The first-order valence-electron chi connectivity index (χ1n) is 4.72. The highest BCUT2D eigenvalue weighted by Gasteiger charge is 2.15. The molecule has 17 heavy (non-hydrogen) atoms. The van der Waals surface area contributed by atoms with Crippen LogP contribution in [0, 0.1) is 0 Å². The molecule has 7 heteroatoms. The van der Waals surface area contributed by atoms with Crippen LogP contribution in [0.1, 0.15) is 10.4 Å². The van der Waals surface area contributed by atoms with Crippen LogP contribution in [0.15, 0.2) is 12.3 Å². The molecule has 92 valence electrons. The van der Waals surface area contributed by atoms with Gasteiger partial charge in [-0.2, -0.15) is 0 Å². The summed E-state index contributed by atoms with van der Waals surface area (Å²) in [6, 6.07) is 1.42. The third-order valence-electron chi connectivity index (χ3n) is 2.05. The van der Waals surface area contributed by atoms with Crippen molar-refractivity contribution in [1.82, 2.24) is 15.2 Å². The number of carbonyl (C=O) groups is 2. The molecule has 0 saturated carbocycles. The average molecular weight is 276 g/mol. The molecule has 0 spiro atoms. The Balaban J connectivity index is 2.81. The van der Waals surface area contributed by atoms with E-state index in [0.29, 0.717) is 0 Å². The highest BCUT2D eigenvalue weighted by molar-refractivity contribution is 6.41. The van der Waals surface area contributed by atoms with Crippen molar-refractivity contribution in [1.29, 1.82) is 0 Å². The van der Waals surface area contributed by atoms with Gasteiger partial charge in [-0.3, -0.25) is 9.59 Å². The van der Waals surface area contributed by atoms with E-state index < -0.39 is 0 Å². The Morgan fingerprint density at radius 1 is 1.47 bits per heavy atom. The second-order valence-corrected chi connectivity index (χ2v) is 4.10. The molecule has 0 fully saturated rings. The predicted molar refractivity (Wildman–Crippen MR) is 65.3 cm³/mol. The molecule has 5 nitrogen and oxygen atoms in total. The number of amides is 2. The number of pyridine rings is 1. The van der Waals surface area contributed by atoms with Crippen molar-refractivity contribution in [2.75, 3.05) is 20.6 Å². The summed E-state index contributed by atoms with van der Waals surface area (Å²) in [5.74, 6) is -0.603. The van der Waals surface area contributed by atoms with Crippen LogP contribution in [0.2, 0.25) is 10.2 Å². The van der Waals surface area contributed by atoms with Crippen molar-refractivity contribution in [3.8, 4) is 0 Å². The van der Waals surface area contributed by atoms with Crippen molar-refractivity contribution in [3.63, 3.8) is 0 Å². The van der Waals surface area contributed by atoms with Crippen molar-refractivity contribution in [2.45, 2.75) is 0 Å². The second-order valence-electron chi connectivity index (χ2n) is 3.33. The molecule has 1 aromatic rings. The third-order valence-corrected chi connectivity index (χ3v) is 2.74. The minimum atomic E-state index is -0.348. The fraction of sp³-hybridized carbons (Fsp3) is 0.300. The highest BCUT2D eigenvalue weighted by Crippen LogP contribution is 2.20. The zero-order valence-corrected chi connectivity index (χ0v) is 10.8. The molecule has 0 aliphatic carbocycles. The normalized spacial score (nSPS) is 9.88. The molecule has 0 atom stereocenters. The van der Waals surface area contributed by atoms with Crippen LogP contribution < -0.4 is 5.32 Å². The monoisotopic (exact) mass is 275 g/mol. The summed E-state index contributed by atoms with van der Waals surface area (Å²) < 4.78 is 0. The third kappa shape index (κ3) is 3.57. The van der Waals surface area contributed by atoms with Gasteiger partial charge in [0, 0.05) is 20.3 Å². The summed E-state index contributed by atoms with van der Waals surface area (Å²) in [5.41, 5.74) is 0.283. The summed E-state index contributed by atoms with van der Waals surface area (Å²) in [6.45, 7) is -0.0322. The summed E-state index contributed by atoms with van der Waals surface area (Å²) in [4.78, 5) is 28.0. The standard InChI is InChI=1S/C10H11Cl2N3O2/c1-13-8(16)5-15(2)10(17)6-3-7(11)9(12)14-4-6/h3-4H,5H2,1-2H3,(H,13,16). The molecule has 2 amide bonds. The summed E-state index contributed by atoms with van der Waals surface area (Å²) in [7, 11) is 3.02. The maximum absolute atomic E-state index is 11.9. The van der Waals surface area contributed by atoms with Crippen molar-refractivity contribution in [2.24, 2.45) is 0 Å². The van der Waals surface area contributed by atoms with E-state index in [1.807, 2.05) is 0 Å². The number of hydrogen-bond acceptors (Lipinski definition) is 3. The van der Waals surface area contributed by atoms with Crippen LogP contribution >= 0.6 is 23.2 Å². The summed E-state index contributed by atoms with van der Waals surface area (Å²) in [5, 5.41) is 2.76.